The molecule has 1 fully saturated rings. The summed E-state index contributed by atoms with van der Waals surface area (Å²) in [5.41, 5.74) is 1.32. The van der Waals surface area contributed by atoms with Crippen molar-refractivity contribution in [3.8, 4) is 0 Å². The quantitative estimate of drug-likeness (QED) is 0.574. The zero-order chi connectivity index (χ0) is 9.97. The molecule has 1 aromatic carbocycles. The molecule has 2 rings (SSSR count). The molecule has 0 spiro atoms. The molecule has 0 saturated heterocycles. The molecule has 74 valence electrons. The number of carbonyl (C=O) groups is 1. The fourth-order valence-electron chi connectivity index (χ4n) is 2.04. The van der Waals surface area contributed by atoms with Crippen molar-refractivity contribution in [1.29, 1.82) is 0 Å². The number of rotatable bonds is 1. The van der Waals surface area contributed by atoms with E-state index >= 15 is 0 Å². The molecule has 0 aliphatic heterocycles. The highest BCUT2D eigenvalue weighted by Gasteiger charge is 2.30. The summed E-state index contributed by atoms with van der Waals surface area (Å²) in [7, 11) is 0. The molecule has 1 saturated carbocycles. The highest BCUT2D eigenvalue weighted by atomic mass is 127. The molecule has 0 N–H and O–H groups in total. The second-order valence-electron chi connectivity index (χ2n) is 3.78. The van der Waals surface area contributed by atoms with Crippen LogP contribution in [0.2, 0.25) is 0 Å². The van der Waals surface area contributed by atoms with Crippen molar-refractivity contribution in [2.75, 3.05) is 0 Å². The third-order valence-corrected chi connectivity index (χ3v) is 4.39. The summed E-state index contributed by atoms with van der Waals surface area (Å²) in [5.74, 6) is 0.865. The van der Waals surface area contributed by atoms with Gasteiger partial charge in [-0.05, 0) is 18.4 Å². The molecule has 1 aromatic rings. The van der Waals surface area contributed by atoms with E-state index in [-0.39, 0.29) is 3.92 Å². The van der Waals surface area contributed by atoms with Gasteiger partial charge in [0, 0.05) is 12.3 Å². The van der Waals surface area contributed by atoms with Crippen molar-refractivity contribution in [3.63, 3.8) is 0 Å². The maximum atomic E-state index is 11.6. The van der Waals surface area contributed by atoms with Crippen LogP contribution in [-0.2, 0) is 4.79 Å². The lowest BCUT2D eigenvalue weighted by atomic mass is 9.83. The van der Waals surface area contributed by atoms with E-state index in [9.17, 15) is 4.79 Å². The summed E-state index contributed by atoms with van der Waals surface area (Å²) >= 11 is 2.30. The van der Waals surface area contributed by atoms with E-state index in [4.69, 9.17) is 0 Å². The van der Waals surface area contributed by atoms with E-state index in [2.05, 4.69) is 46.9 Å². The number of ketones is 1. The first-order chi connectivity index (χ1) is 6.79. The minimum absolute atomic E-state index is 0.184. The van der Waals surface area contributed by atoms with E-state index in [0.717, 1.165) is 19.3 Å². The van der Waals surface area contributed by atoms with Crippen LogP contribution in [0, 0.1) is 0 Å². The van der Waals surface area contributed by atoms with Gasteiger partial charge in [0.05, 0.1) is 3.92 Å². The Labute approximate surface area is 98.0 Å². The maximum absolute atomic E-state index is 11.6. The van der Waals surface area contributed by atoms with E-state index in [1.54, 1.807) is 0 Å². The lowest BCUT2D eigenvalue weighted by Crippen LogP contribution is -2.26. The van der Waals surface area contributed by atoms with Crippen LogP contribution >= 0.6 is 22.6 Å². The standard InChI is InChI=1S/C12H13IO/c13-12-10(7-4-8-11(12)14)9-5-2-1-3-6-9/h1-3,5-6,10,12H,4,7-8H2/t10-,12+/m1/s1. The Kier molecular flexibility index (Phi) is 3.21. The molecule has 0 bridgehead atoms. The number of benzene rings is 1. The van der Waals surface area contributed by atoms with Crippen LogP contribution in [0.4, 0.5) is 0 Å². The third-order valence-electron chi connectivity index (χ3n) is 2.83. The normalized spacial score (nSPS) is 27.6. The van der Waals surface area contributed by atoms with Gasteiger partial charge in [0.1, 0.15) is 5.78 Å². The second kappa shape index (κ2) is 4.43. The van der Waals surface area contributed by atoms with Crippen LogP contribution < -0.4 is 0 Å². The Hall–Kier alpha value is -0.380. The Morgan fingerprint density at radius 1 is 1.21 bits per heavy atom. The third kappa shape index (κ3) is 2.00. The van der Waals surface area contributed by atoms with Gasteiger partial charge in [-0.2, -0.15) is 0 Å². The number of halogens is 1. The van der Waals surface area contributed by atoms with Gasteiger partial charge in [0.15, 0.2) is 0 Å². The Balaban J connectivity index is 2.22. The Morgan fingerprint density at radius 3 is 2.64 bits per heavy atom. The van der Waals surface area contributed by atoms with Gasteiger partial charge in [0.2, 0.25) is 0 Å². The van der Waals surface area contributed by atoms with E-state index < -0.39 is 0 Å². The van der Waals surface area contributed by atoms with Gasteiger partial charge in [-0.1, -0.05) is 52.9 Å². The minimum atomic E-state index is 0.184. The number of alkyl halides is 1. The van der Waals surface area contributed by atoms with Crippen molar-refractivity contribution in [1.82, 2.24) is 0 Å². The molecule has 2 heteroatoms. The van der Waals surface area contributed by atoms with Crippen molar-refractivity contribution in [2.45, 2.75) is 29.1 Å². The number of hydrogen-bond acceptors (Lipinski definition) is 1. The first-order valence-electron chi connectivity index (χ1n) is 5.01. The first kappa shape index (κ1) is 10.1. The zero-order valence-corrected chi connectivity index (χ0v) is 10.1. The summed E-state index contributed by atoms with van der Waals surface area (Å²) in [4.78, 5) is 11.6. The fourth-order valence-corrected chi connectivity index (χ4v) is 3.13. The highest BCUT2D eigenvalue weighted by Crippen LogP contribution is 2.35. The number of carbonyl (C=O) groups excluding carboxylic acids is 1. The van der Waals surface area contributed by atoms with Gasteiger partial charge < -0.3 is 0 Å². The van der Waals surface area contributed by atoms with Crippen LogP contribution in [0.1, 0.15) is 30.7 Å². The molecule has 1 nitrogen and oxygen atoms in total. The molecule has 0 radical (unpaired) electrons. The topological polar surface area (TPSA) is 17.1 Å². The summed E-state index contributed by atoms with van der Waals surface area (Å²) in [6.07, 6.45) is 2.98. The molecular weight excluding hydrogens is 287 g/mol. The molecule has 0 amide bonds. The van der Waals surface area contributed by atoms with Crippen LogP contribution in [0.25, 0.3) is 0 Å². The lowest BCUT2D eigenvalue weighted by molar-refractivity contribution is -0.119. The van der Waals surface area contributed by atoms with Crippen LogP contribution in [0.15, 0.2) is 30.3 Å². The van der Waals surface area contributed by atoms with Crippen molar-refractivity contribution < 1.29 is 4.79 Å². The SMILES string of the molecule is O=C1CCC[C@H](c2ccccc2)[C@@H]1I. The van der Waals surface area contributed by atoms with Crippen LogP contribution in [0.3, 0.4) is 0 Å². The molecule has 0 aromatic heterocycles. The first-order valence-corrected chi connectivity index (χ1v) is 6.25. The zero-order valence-electron chi connectivity index (χ0n) is 7.95. The minimum Gasteiger partial charge on any atom is -0.299 e. The number of hydrogen-bond donors (Lipinski definition) is 0. The fraction of sp³-hybridized carbons (Fsp3) is 0.417. The summed E-state index contributed by atoms with van der Waals surface area (Å²) in [5, 5.41) is 0. The molecule has 1 aliphatic rings. The highest BCUT2D eigenvalue weighted by molar-refractivity contribution is 14.1. The molecule has 0 heterocycles. The van der Waals surface area contributed by atoms with Crippen molar-refractivity contribution >= 4 is 28.4 Å². The molecular formula is C12H13IO. The lowest BCUT2D eigenvalue weighted by Gasteiger charge is -2.26. The summed E-state index contributed by atoms with van der Waals surface area (Å²) in [6, 6.07) is 10.4. The van der Waals surface area contributed by atoms with Gasteiger partial charge >= 0.3 is 0 Å². The molecule has 14 heavy (non-hydrogen) atoms. The van der Waals surface area contributed by atoms with Gasteiger partial charge in [-0.3, -0.25) is 4.79 Å². The smallest absolute Gasteiger partial charge is 0.146 e. The molecule has 0 unspecified atom stereocenters. The predicted octanol–water partition coefficient (Wildman–Crippen LogP) is 3.33. The largest absolute Gasteiger partial charge is 0.299 e. The van der Waals surface area contributed by atoms with E-state index in [1.807, 2.05) is 6.07 Å². The number of Topliss-reactive ketones (excluding diaryl/α,β-unsaturated/α-hetero) is 1. The average molecular weight is 300 g/mol. The van der Waals surface area contributed by atoms with E-state index in [1.165, 1.54) is 5.56 Å². The van der Waals surface area contributed by atoms with E-state index in [0.29, 0.717) is 11.7 Å². The summed E-state index contributed by atoms with van der Waals surface area (Å²) in [6.45, 7) is 0. The van der Waals surface area contributed by atoms with Crippen LogP contribution in [0.5, 0.6) is 0 Å². The molecule has 2 atom stereocenters. The maximum Gasteiger partial charge on any atom is 0.146 e. The van der Waals surface area contributed by atoms with Gasteiger partial charge in [-0.15, -0.1) is 0 Å². The molecule has 1 aliphatic carbocycles. The van der Waals surface area contributed by atoms with Crippen LogP contribution in [-0.4, -0.2) is 9.71 Å². The Morgan fingerprint density at radius 2 is 1.93 bits per heavy atom. The van der Waals surface area contributed by atoms with Crippen molar-refractivity contribution in [2.24, 2.45) is 0 Å². The second-order valence-corrected chi connectivity index (χ2v) is 5.12. The summed E-state index contributed by atoms with van der Waals surface area (Å²) < 4.78 is 0.184. The van der Waals surface area contributed by atoms with Crippen molar-refractivity contribution in [3.05, 3.63) is 35.9 Å². The monoisotopic (exact) mass is 300 g/mol. The average Bonchev–Trinajstić information content (AvgIpc) is 2.23. The van der Waals surface area contributed by atoms with Gasteiger partial charge in [-0.25, -0.2) is 0 Å². The van der Waals surface area contributed by atoms with Gasteiger partial charge in [0.25, 0.3) is 0 Å². The Bertz CT molecular complexity index is 320. The predicted molar refractivity (Wildman–Crippen MR) is 65.8 cm³/mol.